The van der Waals surface area contributed by atoms with Gasteiger partial charge in [-0.05, 0) is 35.9 Å². The second kappa shape index (κ2) is 7.70. The van der Waals surface area contributed by atoms with Crippen molar-refractivity contribution in [2.75, 3.05) is 11.9 Å². The summed E-state index contributed by atoms with van der Waals surface area (Å²) in [7, 11) is 0. The van der Waals surface area contributed by atoms with Crippen LogP contribution in [0.5, 0.6) is 0 Å². The molecule has 0 aliphatic heterocycles. The monoisotopic (exact) mass is 364 g/mol. The molecule has 4 nitrogen and oxygen atoms in total. The molecule has 0 saturated heterocycles. The molecule has 0 saturated carbocycles. The van der Waals surface area contributed by atoms with E-state index in [0.717, 1.165) is 10.0 Å². The number of amides is 2. The topological polar surface area (TPSA) is 58.2 Å². The standard InChI is InChI=1S/C16H14BrFN2O2/c17-14-4-2-1-3-11(14)9-15(21)19-10-16(22)20-13-7-5-12(18)6-8-13/h1-8H,9-10H2,(H,19,21)(H,20,22). The van der Waals surface area contributed by atoms with Crippen molar-refractivity contribution < 1.29 is 14.0 Å². The van der Waals surface area contributed by atoms with Gasteiger partial charge in [0.2, 0.25) is 11.8 Å². The molecule has 6 heteroatoms. The summed E-state index contributed by atoms with van der Waals surface area (Å²) in [6, 6.07) is 12.8. The van der Waals surface area contributed by atoms with Crippen LogP contribution in [0.15, 0.2) is 53.0 Å². The van der Waals surface area contributed by atoms with Crippen molar-refractivity contribution in [1.29, 1.82) is 0 Å². The fourth-order valence-electron chi connectivity index (χ4n) is 1.79. The molecule has 2 N–H and O–H groups in total. The molecule has 2 rings (SSSR count). The summed E-state index contributed by atoms with van der Waals surface area (Å²) >= 11 is 3.36. The minimum absolute atomic E-state index is 0.138. The highest BCUT2D eigenvalue weighted by atomic mass is 79.9. The molecule has 0 spiro atoms. The van der Waals surface area contributed by atoms with E-state index in [0.29, 0.717) is 5.69 Å². The van der Waals surface area contributed by atoms with Crippen LogP contribution in [0.1, 0.15) is 5.56 Å². The Kier molecular flexibility index (Phi) is 5.66. The average molecular weight is 365 g/mol. The van der Waals surface area contributed by atoms with Gasteiger partial charge in [-0.2, -0.15) is 0 Å². The third kappa shape index (κ3) is 4.96. The summed E-state index contributed by atoms with van der Waals surface area (Å²) in [4.78, 5) is 23.5. The average Bonchev–Trinajstić information content (AvgIpc) is 2.50. The summed E-state index contributed by atoms with van der Waals surface area (Å²) < 4.78 is 13.6. The number of benzene rings is 2. The summed E-state index contributed by atoms with van der Waals surface area (Å²) in [5.74, 6) is -0.993. The van der Waals surface area contributed by atoms with Gasteiger partial charge in [-0.25, -0.2) is 4.39 Å². The van der Waals surface area contributed by atoms with E-state index in [-0.39, 0.29) is 30.6 Å². The second-order valence-corrected chi connectivity index (χ2v) is 5.45. The van der Waals surface area contributed by atoms with Gasteiger partial charge < -0.3 is 10.6 Å². The van der Waals surface area contributed by atoms with Gasteiger partial charge >= 0.3 is 0 Å². The van der Waals surface area contributed by atoms with Crippen molar-refractivity contribution in [3.8, 4) is 0 Å². The normalized spacial score (nSPS) is 10.1. The molecule has 0 aliphatic carbocycles. The van der Waals surface area contributed by atoms with Crippen LogP contribution >= 0.6 is 15.9 Å². The van der Waals surface area contributed by atoms with Crippen LogP contribution in [0.25, 0.3) is 0 Å². The Morgan fingerprint density at radius 1 is 1.00 bits per heavy atom. The molecule has 114 valence electrons. The molecule has 0 atom stereocenters. The van der Waals surface area contributed by atoms with Crippen molar-refractivity contribution >= 4 is 33.4 Å². The zero-order valence-electron chi connectivity index (χ0n) is 11.6. The zero-order chi connectivity index (χ0) is 15.9. The molecule has 0 aromatic heterocycles. The van der Waals surface area contributed by atoms with Crippen LogP contribution in [-0.4, -0.2) is 18.4 Å². The smallest absolute Gasteiger partial charge is 0.243 e. The second-order valence-electron chi connectivity index (χ2n) is 4.60. The Balaban J connectivity index is 1.79. The molecular formula is C16H14BrFN2O2. The maximum Gasteiger partial charge on any atom is 0.243 e. The van der Waals surface area contributed by atoms with Crippen LogP contribution in [0.2, 0.25) is 0 Å². The van der Waals surface area contributed by atoms with Crippen LogP contribution in [0, 0.1) is 5.82 Å². The number of hydrogen-bond donors (Lipinski definition) is 2. The first-order chi connectivity index (χ1) is 10.5. The van der Waals surface area contributed by atoms with Gasteiger partial charge in [0.05, 0.1) is 13.0 Å². The number of hydrogen-bond acceptors (Lipinski definition) is 2. The largest absolute Gasteiger partial charge is 0.347 e. The zero-order valence-corrected chi connectivity index (χ0v) is 13.2. The lowest BCUT2D eigenvalue weighted by Crippen LogP contribution is -2.33. The van der Waals surface area contributed by atoms with E-state index in [2.05, 4.69) is 26.6 Å². The first-order valence-corrected chi connectivity index (χ1v) is 7.39. The SMILES string of the molecule is O=C(Cc1ccccc1Br)NCC(=O)Nc1ccc(F)cc1. The number of carbonyl (C=O) groups is 2. The molecule has 0 bridgehead atoms. The third-order valence-corrected chi connectivity index (χ3v) is 3.66. The van der Waals surface area contributed by atoms with Crippen LogP contribution in [-0.2, 0) is 16.0 Å². The highest BCUT2D eigenvalue weighted by Gasteiger charge is 2.08. The molecule has 0 heterocycles. The Labute approximate surface area is 135 Å². The maximum absolute atomic E-state index is 12.7. The molecule has 0 radical (unpaired) electrons. The molecule has 0 fully saturated rings. The highest BCUT2D eigenvalue weighted by Crippen LogP contribution is 2.16. The minimum atomic E-state index is -0.375. The van der Waals surface area contributed by atoms with Crippen molar-refractivity contribution in [3.05, 3.63) is 64.4 Å². The number of anilines is 1. The lowest BCUT2D eigenvalue weighted by molar-refractivity contribution is -0.123. The highest BCUT2D eigenvalue weighted by molar-refractivity contribution is 9.10. The van der Waals surface area contributed by atoms with Gasteiger partial charge in [0.15, 0.2) is 0 Å². The van der Waals surface area contributed by atoms with Gasteiger partial charge in [-0.15, -0.1) is 0 Å². The van der Waals surface area contributed by atoms with E-state index in [1.54, 1.807) is 0 Å². The van der Waals surface area contributed by atoms with Gasteiger partial charge in [0.1, 0.15) is 5.82 Å². The lowest BCUT2D eigenvalue weighted by Gasteiger charge is -2.08. The lowest BCUT2D eigenvalue weighted by atomic mass is 10.1. The predicted octanol–water partition coefficient (Wildman–Crippen LogP) is 2.89. The van der Waals surface area contributed by atoms with E-state index >= 15 is 0 Å². The fourth-order valence-corrected chi connectivity index (χ4v) is 2.22. The van der Waals surface area contributed by atoms with Crippen molar-refractivity contribution in [3.63, 3.8) is 0 Å². The van der Waals surface area contributed by atoms with Crippen molar-refractivity contribution in [2.45, 2.75) is 6.42 Å². The summed E-state index contributed by atoms with van der Waals surface area (Å²) in [6.07, 6.45) is 0.186. The Bertz CT molecular complexity index is 674. The predicted molar refractivity (Wildman–Crippen MR) is 85.9 cm³/mol. The quantitative estimate of drug-likeness (QED) is 0.856. The van der Waals surface area contributed by atoms with E-state index in [1.807, 2.05) is 24.3 Å². The van der Waals surface area contributed by atoms with E-state index in [4.69, 9.17) is 0 Å². The molecule has 2 amide bonds. The first-order valence-electron chi connectivity index (χ1n) is 6.60. The molecule has 2 aromatic rings. The summed E-state index contributed by atoms with van der Waals surface area (Å²) in [6.45, 7) is -0.138. The molecule has 0 aliphatic rings. The van der Waals surface area contributed by atoms with Gasteiger partial charge in [0, 0.05) is 10.2 Å². The van der Waals surface area contributed by atoms with Crippen molar-refractivity contribution in [2.24, 2.45) is 0 Å². The Hall–Kier alpha value is -2.21. The fraction of sp³-hybridized carbons (Fsp3) is 0.125. The minimum Gasteiger partial charge on any atom is -0.347 e. The van der Waals surface area contributed by atoms with E-state index < -0.39 is 0 Å². The number of nitrogens with one attached hydrogen (secondary N) is 2. The van der Waals surface area contributed by atoms with Crippen LogP contribution in [0.4, 0.5) is 10.1 Å². The van der Waals surface area contributed by atoms with Crippen LogP contribution < -0.4 is 10.6 Å². The first kappa shape index (κ1) is 16.2. The van der Waals surface area contributed by atoms with E-state index in [9.17, 15) is 14.0 Å². The number of halogens is 2. The maximum atomic E-state index is 12.7. The summed E-state index contributed by atoms with van der Waals surface area (Å²) in [5.41, 5.74) is 1.32. The molecule has 22 heavy (non-hydrogen) atoms. The number of rotatable bonds is 5. The molecular weight excluding hydrogens is 351 g/mol. The van der Waals surface area contributed by atoms with E-state index in [1.165, 1.54) is 24.3 Å². The molecule has 2 aromatic carbocycles. The molecule has 0 unspecified atom stereocenters. The van der Waals surface area contributed by atoms with Gasteiger partial charge in [-0.3, -0.25) is 9.59 Å². The van der Waals surface area contributed by atoms with Gasteiger partial charge in [-0.1, -0.05) is 34.1 Å². The van der Waals surface area contributed by atoms with Crippen LogP contribution in [0.3, 0.4) is 0 Å². The van der Waals surface area contributed by atoms with Gasteiger partial charge in [0.25, 0.3) is 0 Å². The number of carbonyl (C=O) groups excluding carboxylic acids is 2. The third-order valence-electron chi connectivity index (χ3n) is 2.88. The Morgan fingerprint density at radius 2 is 1.68 bits per heavy atom. The Morgan fingerprint density at radius 3 is 2.36 bits per heavy atom. The summed E-state index contributed by atoms with van der Waals surface area (Å²) in [5, 5.41) is 5.11. The van der Waals surface area contributed by atoms with Crippen molar-refractivity contribution in [1.82, 2.24) is 5.32 Å².